The Morgan fingerprint density at radius 1 is 1.35 bits per heavy atom. The maximum absolute atomic E-state index is 13.5. The number of aliphatic hydroxyl groups is 1. The highest BCUT2D eigenvalue weighted by molar-refractivity contribution is 5.76. The topological polar surface area (TPSA) is 75.4 Å². The van der Waals surface area contributed by atoms with E-state index in [0.29, 0.717) is 12.2 Å². The van der Waals surface area contributed by atoms with Gasteiger partial charge in [-0.1, -0.05) is 11.2 Å². The van der Waals surface area contributed by atoms with Crippen LogP contribution in [-0.2, 0) is 11.2 Å². The van der Waals surface area contributed by atoms with E-state index in [4.69, 9.17) is 4.52 Å². The van der Waals surface area contributed by atoms with Gasteiger partial charge in [0.1, 0.15) is 23.5 Å². The van der Waals surface area contributed by atoms with Crippen LogP contribution in [0.15, 0.2) is 22.7 Å². The van der Waals surface area contributed by atoms with Crippen molar-refractivity contribution in [3.63, 3.8) is 0 Å². The third kappa shape index (κ3) is 4.13. The van der Waals surface area contributed by atoms with Crippen LogP contribution in [-0.4, -0.2) is 22.7 Å². The third-order valence-corrected chi connectivity index (χ3v) is 3.61. The second-order valence-corrected chi connectivity index (χ2v) is 5.26. The van der Waals surface area contributed by atoms with E-state index in [-0.39, 0.29) is 18.9 Å². The first kappa shape index (κ1) is 17.1. The SMILES string of the molecule is Cc1noc(C)c1CCC(=O)NCC(O)c1c(F)cccc1F. The average molecular weight is 324 g/mol. The number of nitrogens with zero attached hydrogens (tertiary/aromatic N) is 1. The molecule has 2 N–H and O–H groups in total. The number of carbonyl (C=O) groups is 1. The summed E-state index contributed by atoms with van der Waals surface area (Å²) in [5, 5.41) is 16.1. The van der Waals surface area contributed by atoms with Crippen molar-refractivity contribution in [3.8, 4) is 0 Å². The molecule has 1 amide bonds. The minimum absolute atomic E-state index is 0.162. The van der Waals surface area contributed by atoms with Crippen molar-refractivity contribution in [3.05, 3.63) is 52.4 Å². The number of amides is 1. The van der Waals surface area contributed by atoms with Crippen LogP contribution in [0, 0.1) is 25.5 Å². The van der Waals surface area contributed by atoms with E-state index in [1.165, 1.54) is 6.07 Å². The fraction of sp³-hybridized carbons (Fsp3) is 0.375. The molecule has 0 aliphatic carbocycles. The molecule has 0 spiro atoms. The number of hydrogen-bond acceptors (Lipinski definition) is 4. The minimum Gasteiger partial charge on any atom is -0.386 e. The van der Waals surface area contributed by atoms with Gasteiger partial charge in [-0.2, -0.15) is 0 Å². The van der Waals surface area contributed by atoms with Gasteiger partial charge in [-0.15, -0.1) is 0 Å². The first-order chi connectivity index (χ1) is 10.9. The highest BCUT2D eigenvalue weighted by Crippen LogP contribution is 2.20. The van der Waals surface area contributed by atoms with Crippen LogP contribution in [0.3, 0.4) is 0 Å². The summed E-state index contributed by atoms with van der Waals surface area (Å²) in [7, 11) is 0. The van der Waals surface area contributed by atoms with Crippen LogP contribution in [0.1, 0.15) is 35.1 Å². The summed E-state index contributed by atoms with van der Waals surface area (Å²) in [6.07, 6.45) is -0.841. The summed E-state index contributed by atoms with van der Waals surface area (Å²) in [4.78, 5) is 11.8. The van der Waals surface area contributed by atoms with E-state index < -0.39 is 23.3 Å². The molecule has 1 unspecified atom stereocenters. The van der Waals surface area contributed by atoms with E-state index in [1.807, 2.05) is 0 Å². The molecule has 2 aromatic rings. The molecule has 124 valence electrons. The van der Waals surface area contributed by atoms with Gasteiger partial charge < -0.3 is 14.9 Å². The van der Waals surface area contributed by atoms with Crippen molar-refractivity contribution >= 4 is 5.91 Å². The van der Waals surface area contributed by atoms with E-state index in [0.717, 1.165) is 23.4 Å². The second kappa shape index (κ2) is 7.32. The number of aromatic nitrogens is 1. The number of rotatable bonds is 6. The second-order valence-electron chi connectivity index (χ2n) is 5.26. The highest BCUT2D eigenvalue weighted by Gasteiger charge is 2.18. The van der Waals surface area contributed by atoms with Crippen molar-refractivity contribution in [2.75, 3.05) is 6.54 Å². The number of aryl methyl sites for hydroxylation is 2. The lowest BCUT2D eigenvalue weighted by Crippen LogP contribution is -2.29. The number of carbonyl (C=O) groups excluding carboxylic acids is 1. The molecule has 23 heavy (non-hydrogen) atoms. The Morgan fingerprint density at radius 2 is 2.00 bits per heavy atom. The number of aliphatic hydroxyl groups excluding tert-OH is 1. The van der Waals surface area contributed by atoms with E-state index in [9.17, 15) is 18.7 Å². The zero-order chi connectivity index (χ0) is 17.0. The van der Waals surface area contributed by atoms with Crippen molar-refractivity contribution in [1.29, 1.82) is 0 Å². The van der Waals surface area contributed by atoms with Gasteiger partial charge in [0.2, 0.25) is 5.91 Å². The lowest BCUT2D eigenvalue weighted by atomic mass is 10.1. The minimum atomic E-state index is -1.45. The lowest BCUT2D eigenvalue weighted by Gasteiger charge is -2.13. The molecule has 0 aliphatic heterocycles. The highest BCUT2D eigenvalue weighted by atomic mass is 19.1. The Hall–Kier alpha value is -2.28. The van der Waals surface area contributed by atoms with Crippen LogP contribution >= 0.6 is 0 Å². The standard InChI is InChI=1S/C16H18F2N2O3/c1-9-11(10(2)23-20-9)6-7-15(22)19-8-14(21)16-12(17)4-3-5-13(16)18/h3-5,14,21H,6-8H2,1-2H3,(H,19,22). The van der Waals surface area contributed by atoms with Crippen LogP contribution < -0.4 is 5.32 Å². The van der Waals surface area contributed by atoms with Gasteiger partial charge in [0.05, 0.1) is 11.3 Å². The van der Waals surface area contributed by atoms with Crippen molar-refractivity contribution in [1.82, 2.24) is 10.5 Å². The zero-order valence-corrected chi connectivity index (χ0v) is 12.9. The molecule has 0 fully saturated rings. The molecular weight excluding hydrogens is 306 g/mol. The zero-order valence-electron chi connectivity index (χ0n) is 12.9. The monoisotopic (exact) mass is 324 g/mol. The molecule has 0 aliphatic rings. The maximum Gasteiger partial charge on any atom is 0.220 e. The lowest BCUT2D eigenvalue weighted by molar-refractivity contribution is -0.121. The number of halogens is 2. The molecule has 1 atom stereocenters. The molecular formula is C16H18F2N2O3. The van der Waals surface area contributed by atoms with Crippen molar-refractivity contribution < 1.29 is 23.2 Å². The smallest absolute Gasteiger partial charge is 0.220 e. The molecule has 2 rings (SSSR count). The fourth-order valence-electron chi connectivity index (χ4n) is 2.33. The first-order valence-electron chi connectivity index (χ1n) is 7.20. The Kier molecular flexibility index (Phi) is 5.44. The largest absolute Gasteiger partial charge is 0.386 e. The Morgan fingerprint density at radius 3 is 2.57 bits per heavy atom. The van der Waals surface area contributed by atoms with E-state index in [1.54, 1.807) is 13.8 Å². The molecule has 0 saturated carbocycles. The summed E-state index contributed by atoms with van der Waals surface area (Å²) in [5.74, 6) is -1.37. The predicted octanol–water partition coefficient (Wildman–Crippen LogP) is 2.35. The number of benzene rings is 1. The first-order valence-corrected chi connectivity index (χ1v) is 7.20. The van der Waals surface area contributed by atoms with E-state index >= 15 is 0 Å². The summed E-state index contributed by atoms with van der Waals surface area (Å²) >= 11 is 0. The van der Waals surface area contributed by atoms with Gasteiger partial charge in [-0.25, -0.2) is 8.78 Å². The Bertz CT molecular complexity index is 661. The average Bonchev–Trinajstić information content (AvgIpc) is 2.81. The molecule has 0 bridgehead atoms. The van der Waals surface area contributed by atoms with Gasteiger partial charge in [0.15, 0.2) is 0 Å². The summed E-state index contributed by atoms with van der Waals surface area (Å²) in [6.45, 7) is 3.28. The molecule has 0 radical (unpaired) electrons. The summed E-state index contributed by atoms with van der Waals surface area (Å²) in [6, 6.07) is 3.32. The molecule has 0 saturated heterocycles. The van der Waals surface area contributed by atoms with Gasteiger partial charge >= 0.3 is 0 Å². The van der Waals surface area contributed by atoms with Gasteiger partial charge in [0, 0.05) is 18.5 Å². The molecule has 7 heteroatoms. The quantitative estimate of drug-likeness (QED) is 0.855. The number of nitrogens with one attached hydrogen (secondary N) is 1. The summed E-state index contributed by atoms with van der Waals surface area (Å²) in [5.41, 5.74) is 1.14. The molecule has 1 aromatic carbocycles. The van der Waals surface area contributed by atoms with Crippen LogP contribution in [0.2, 0.25) is 0 Å². The molecule has 5 nitrogen and oxygen atoms in total. The van der Waals surface area contributed by atoms with Crippen molar-refractivity contribution in [2.45, 2.75) is 32.8 Å². The van der Waals surface area contributed by atoms with Crippen molar-refractivity contribution in [2.24, 2.45) is 0 Å². The number of hydrogen-bond donors (Lipinski definition) is 2. The molecule has 1 heterocycles. The predicted molar refractivity (Wildman–Crippen MR) is 78.6 cm³/mol. The maximum atomic E-state index is 13.5. The van der Waals surface area contributed by atoms with Gasteiger partial charge in [-0.05, 0) is 32.4 Å². The van der Waals surface area contributed by atoms with Gasteiger partial charge in [0.25, 0.3) is 0 Å². The normalized spacial score (nSPS) is 12.2. The molecule has 1 aromatic heterocycles. The fourth-order valence-corrected chi connectivity index (χ4v) is 2.33. The van der Waals surface area contributed by atoms with E-state index in [2.05, 4.69) is 10.5 Å². The Labute approximate surface area is 132 Å². The third-order valence-electron chi connectivity index (χ3n) is 3.61. The Balaban J connectivity index is 1.87. The van der Waals surface area contributed by atoms with Crippen LogP contribution in [0.4, 0.5) is 8.78 Å². The summed E-state index contributed by atoms with van der Waals surface area (Å²) < 4.78 is 32.0. The van der Waals surface area contributed by atoms with Gasteiger partial charge in [-0.3, -0.25) is 4.79 Å². The van der Waals surface area contributed by atoms with Crippen LogP contribution in [0.25, 0.3) is 0 Å². The van der Waals surface area contributed by atoms with Crippen LogP contribution in [0.5, 0.6) is 0 Å².